The predicted octanol–water partition coefficient (Wildman–Crippen LogP) is 1.31. The van der Waals surface area contributed by atoms with E-state index in [4.69, 9.17) is 9.52 Å². The molecule has 6 heteroatoms. The summed E-state index contributed by atoms with van der Waals surface area (Å²) in [6.07, 6.45) is -0.227. The van der Waals surface area contributed by atoms with Crippen LogP contribution in [0.3, 0.4) is 0 Å². The average Bonchev–Trinajstić information content (AvgIpc) is 2.76. The number of nitrogens with zero attached hydrogens (tertiary/aromatic N) is 1. The van der Waals surface area contributed by atoms with Crippen molar-refractivity contribution in [2.45, 2.75) is 19.4 Å². The third-order valence-corrected chi connectivity index (χ3v) is 2.34. The van der Waals surface area contributed by atoms with Crippen molar-refractivity contribution in [1.82, 2.24) is 10.3 Å². The van der Waals surface area contributed by atoms with Crippen LogP contribution in [0.15, 0.2) is 28.7 Å². The lowest BCUT2D eigenvalue weighted by Crippen LogP contribution is -2.23. The summed E-state index contributed by atoms with van der Waals surface area (Å²) in [6.45, 7) is 0.160. The number of oxazole rings is 1. The third-order valence-electron chi connectivity index (χ3n) is 2.34. The van der Waals surface area contributed by atoms with Gasteiger partial charge in [-0.2, -0.15) is 0 Å². The van der Waals surface area contributed by atoms with E-state index in [-0.39, 0.29) is 25.3 Å². The van der Waals surface area contributed by atoms with Crippen LogP contribution in [0.1, 0.15) is 18.7 Å². The fraction of sp³-hybridized carbons (Fsp3) is 0.250. The maximum Gasteiger partial charge on any atom is 0.303 e. The summed E-state index contributed by atoms with van der Waals surface area (Å²) in [5.74, 6) is -0.924. The number of aliphatic carboxylic acids is 1. The van der Waals surface area contributed by atoms with Gasteiger partial charge in [-0.25, -0.2) is 4.98 Å². The highest BCUT2D eigenvalue weighted by atomic mass is 16.4. The molecule has 0 aliphatic rings. The zero-order valence-electron chi connectivity index (χ0n) is 9.55. The molecule has 0 atom stereocenters. The van der Waals surface area contributed by atoms with Gasteiger partial charge in [-0.1, -0.05) is 12.1 Å². The second-order valence-electron chi connectivity index (χ2n) is 3.75. The first-order chi connectivity index (χ1) is 8.65. The molecule has 1 heterocycles. The standard InChI is InChI=1S/C12H12N2O4/c15-10(5-6-12(16)17)13-7-11-14-8-3-1-2-4-9(8)18-11/h1-4H,5-7H2,(H,13,15)(H,16,17). The predicted molar refractivity (Wildman–Crippen MR) is 62.7 cm³/mol. The van der Waals surface area contributed by atoms with Crippen molar-refractivity contribution < 1.29 is 19.1 Å². The first-order valence-electron chi connectivity index (χ1n) is 5.48. The van der Waals surface area contributed by atoms with Crippen LogP contribution in [-0.4, -0.2) is 22.0 Å². The molecule has 0 aliphatic carbocycles. The van der Waals surface area contributed by atoms with Gasteiger partial charge in [-0.3, -0.25) is 9.59 Å². The Morgan fingerprint density at radius 3 is 2.78 bits per heavy atom. The van der Waals surface area contributed by atoms with Crippen molar-refractivity contribution in [2.24, 2.45) is 0 Å². The molecule has 0 radical (unpaired) electrons. The molecule has 0 saturated carbocycles. The number of carbonyl (C=O) groups is 2. The fourth-order valence-corrected chi connectivity index (χ4v) is 1.48. The number of hydrogen-bond donors (Lipinski definition) is 2. The van der Waals surface area contributed by atoms with Crippen molar-refractivity contribution in [3.63, 3.8) is 0 Å². The lowest BCUT2D eigenvalue weighted by molar-refractivity contribution is -0.138. The number of amides is 1. The van der Waals surface area contributed by atoms with E-state index in [0.29, 0.717) is 11.5 Å². The third kappa shape index (κ3) is 3.07. The first-order valence-corrected chi connectivity index (χ1v) is 5.48. The average molecular weight is 248 g/mol. The van der Waals surface area contributed by atoms with Crippen LogP contribution < -0.4 is 5.32 Å². The van der Waals surface area contributed by atoms with Gasteiger partial charge in [0.1, 0.15) is 5.52 Å². The van der Waals surface area contributed by atoms with Gasteiger partial charge in [0, 0.05) is 6.42 Å². The number of benzene rings is 1. The maximum atomic E-state index is 11.3. The second kappa shape index (κ2) is 5.31. The number of carbonyl (C=O) groups excluding carboxylic acids is 1. The lowest BCUT2D eigenvalue weighted by atomic mass is 10.3. The molecule has 0 aliphatic heterocycles. The smallest absolute Gasteiger partial charge is 0.303 e. The molecule has 0 fully saturated rings. The highest BCUT2D eigenvalue weighted by Gasteiger charge is 2.08. The van der Waals surface area contributed by atoms with Crippen LogP contribution in [0.2, 0.25) is 0 Å². The van der Waals surface area contributed by atoms with E-state index in [1.165, 1.54) is 0 Å². The van der Waals surface area contributed by atoms with Crippen LogP contribution in [0, 0.1) is 0 Å². The molecule has 2 N–H and O–H groups in total. The Hall–Kier alpha value is -2.37. The Balaban J connectivity index is 1.90. The van der Waals surface area contributed by atoms with Crippen LogP contribution in [0.25, 0.3) is 11.1 Å². The molecule has 6 nitrogen and oxygen atoms in total. The minimum atomic E-state index is -0.994. The van der Waals surface area contributed by atoms with Gasteiger partial charge in [0.2, 0.25) is 11.8 Å². The Labute approximate surface area is 103 Å². The highest BCUT2D eigenvalue weighted by Crippen LogP contribution is 2.14. The summed E-state index contributed by atoms with van der Waals surface area (Å²) >= 11 is 0. The molecule has 0 saturated heterocycles. The summed E-state index contributed by atoms with van der Waals surface area (Å²) in [6, 6.07) is 7.29. The number of fused-ring (bicyclic) bond motifs is 1. The van der Waals surface area contributed by atoms with E-state index in [1.807, 2.05) is 18.2 Å². The Kier molecular flexibility index (Phi) is 3.57. The molecule has 2 rings (SSSR count). The van der Waals surface area contributed by atoms with E-state index in [9.17, 15) is 9.59 Å². The summed E-state index contributed by atoms with van der Waals surface area (Å²) in [5.41, 5.74) is 1.39. The van der Waals surface area contributed by atoms with Gasteiger partial charge in [0.05, 0.1) is 13.0 Å². The molecule has 0 bridgehead atoms. The molecule has 0 unspecified atom stereocenters. The minimum Gasteiger partial charge on any atom is -0.481 e. The number of carboxylic acids is 1. The zero-order chi connectivity index (χ0) is 13.0. The normalized spacial score (nSPS) is 10.4. The summed E-state index contributed by atoms with van der Waals surface area (Å²) in [5, 5.41) is 11.0. The maximum absolute atomic E-state index is 11.3. The molecule has 1 aromatic carbocycles. The molecular formula is C12H12N2O4. The SMILES string of the molecule is O=C(O)CCC(=O)NCc1nc2ccccc2o1. The van der Waals surface area contributed by atoms with Gasteiger partial charge in [-0.15, -0.1) is 0 Å². The second-order valence-corrected chi connectivity index (χ2v) is 3.75. The van der Waals surface area contributed by atoms with Crippen LogP contribution in [-0.2, 0) is 16.1 Å². The number of nitrogens with one attached hydrogen (secondary N) is 1. The molecule has 0 spiro atoms. The minimum absolute atomic E-state index is 0.0461. The Morgan fingerprint density at radius 2 is 2.06 bits per heavy atom. The van der Waals surface area contributed by atoms with E-state index in [0.717, 1.165) is 5.52 Å². The van der Waals surface area contributed by atoms with E-state index >= 15 is 0 Å². The Bertz CT molecular complexity index is 543. The van der Waals surface area contributed by atoms with Crippen molar-refractivity contribution in [2.75, 3.05) is 0 Å². The van der Waals surface area contributed by atoms with E-state index < -0.39 is 5.97 Å². The number of hydrogen-bond acceptors (Lipinski definition) is 4. The number of aromatic nitrogens is 1. The first kappa shape index (κ1) is 12.1. The lowest BCUT2D eigenvalue weighted by Gasteiger charge is -2.00. The summed E-state index contributed by atoms with van der Waals surface area (Å²) < 4.78 is 5.40. The van der Waals surface area contributed by atoms with Crippen LogP contribution >= 0.6 is 0 Å². The zero-order valence-corrected chi connectivity index (χ0v) is 9.55. The molecule has 2 aromatic rings. The van der Waals surface area contributed by atoms with Gasteiger partial charge in [-0.05, 0) is 12.1 Å². The van der Waals surface area contributed by atoms with Crippen LogP contribution in [0.4, 0.5) is 0 Å². The monoisotopic (exact) mass is 248 g/mol. The topological polar surface area (TPSA) is 92.4 Å². The van der Waals surface area contributed by atoms with Gasteiger partial charge in [0.25, 0.3) is 0 Å². The fourth-order valence-electron chi connectivity index (χ4n) is 1.48. The number of carboxylic acid groups (broad SMARTS) is 1. The number of para-hydroxylation sites is 2. The summed E-state index contributed by atoms with van der Waals surface area (Å²) in [4.78, 5) is 25.8. The van der Waals surface area contributed by atoms with Gasteiger partial charge in [0.15, 0.2) is 5.58 Å². The molecule has 94 valence electrons. The number of rotatable bonds is 5. The largest absolute Gasteiger partial charge is 0.481 e. The van der Waals surface area contributed by atoms with Crippen molar-refractivity contribution in [3.8, 4) is 0 Å². The molecule has 1 aromatic heterocycles. The molecule has 18 heavy (non-hydrogen) atoms. The van der Waals surface area contributed by atoms with Gasteiger partial charge >= 0.3 is 5.97 Å². The molecule has 1 amide bonds. The van der Waals surface area contributed by atoms with Crippen LogP contribution in [0.5, 0.6) is 0 Å². The highest BCUT2D eigenvalue weighted by molar-refractivity contribution is 5.80. The van der Waals surface area contributed by atoms with Gasteiger partial charge < -0.3 is 14.8 Å². The Morgan fingerprint density at radius 1 is 1.28 bits per heavy atom. The quantitative estimate of drug-likeness (QED) is 0.832. The van der Waals surface area contributed by atoms with Crippen molar-refractivity contribution in [3.05, 3.63) is 30.2 Å². The van der Waals surface area contributed by atoms with Crippen molar-refractivity contribution >= 4 is 23.0 Å². The van der Waals surface area contributed by atoms with E-state index in [1.54, 1.807) is 6.07 Å². The van der Waals surface area contributed by atoms with Crippen molar-refractivity contribution in [1.29, 1.82) is 0 Å². The molecular weight excluding hydrogens is 236 g/mol. The van der Waals surface area contributed by atoms with E-state index in [2.05, 4.69) is 10.3 Å². The summed E-state index contributed by atoms with van der Waals surface area (Å²) in [7, 11) is 0.